The Morgan fingerprint density at radius 1 is 1.16 bits per heavy atom. The van der Waals surface area contributed by atoms with Gasteiger partial charge in [-0.1, -0.05) is 0 Å². The predicted molar refractivity (Wildman–Crippen MR) is 90.2 cm³/mol. The molecule has 1 aromatic heterocycles. The maximum Gasteiger partial charge on any atom is 0.254 e. The third kappa shape index (κ3) is 3.11. The van der Waals surface area contributed by atoms with Crippen LogP contribution in [-0.2, 0) is 9.53 Å². The fourth-order valence-electron chi connectivity index (χ4n) is 3.46. The van der Waals surface area contributed by atoms with Crippen LogP contribution in [0.4, 0.5) is 0 Å². The lowest BCUT2D eigenvalue weighted by molar-refractivity contribution is -0.142. The maximum absolute atomic E-state index is 12.7. The van der Waals surface area contributed by atoms with Gasteiger partial charge in [-0.25, -0.2) is 4.98 Å². The van der Waals surface area contributed by atoms with Crippen molar-refractivity contribution in [2.75, 3.05) is 32.8 Å². The first-order valence-electron chi connectivity index (χ1n) is 8.69. The fraction of sp³-hybridized carbons (Fsp3) is 0.500. The minimum atomic E-state index is -0.292. The number of rotatable bonds is 2. The van der Waals surface area contributed by atoms with E-state index in [0.29, 0.717) is 55.3 Å². The molecule has 0 N–H and O–H groups in total. The summed E-state index contributed by atoms with van der Waals surface area (Å²) in [5.41, 5.74) is 1.97. The molecule has 3 heterocycles. The van der Waals surface area contributed by atoms with E-state index < -0.39 is 0 Å². The summed E-state index contributed by atoms with van der Waals surface area (Å²) in [6, 6.07) is 5.30. The normalized spacial score (nSPS) is 21.1. The van der Waals surface area contributed by atoms with Gasteiger partial charge in [0, 0.05) is 45.3 Å². The number of aromatic nitrogens is 1. The van der Waals surface area contributed by atoms with E-state index >= 15 is 0 Å². The van der Waals surface area contributed by atoms with Gasteiger partial charge in [-0.3, -0.25) is 9.59 Å². The molecule has 0 aliphatic carbocycles. The van der Waals surface area contributed by atoms with Crippen LogP contribution < -0.4 is 0 Å². The van der Waals surface area contributed by atoms with Gasteiger partial charge in [-0.2, -0.15) is 0 Å². The van der Waals surface area contributed by atoms with Gasteiger partial charge in [0.05, 0.1) is 0 Å². The number of fused-ring (bicyclic) bond motifs is 1. The highest BCUT2D eigenvalue weighted by molar-refractivity contribution is 5.97. The number of hydrogen-bond acceptors (Lipinski definition) is 5. The topological polar surface area (TPSA) is 75.9 Å². The number of amides is 2. The van der Waals surface area contributed by atoms with Crippen LogP contribution >= 0.6 is 0 Å². The summed E-state index contributed by atoms with van der Waals surface area (Å²) in [6.45, 7) is 4.62. The Bertz CT molecular complexity index is 802. The first kappa shape index (κ1) is 16.1. The van der Waals surface area contributed by atoms with E-state index in [1.165, 1.54) is 0 Å². The lowest BCUT2D eigenvalue weighted by atomic mass is 10.1. The lowest BCUT2D eigenvalue weighted by Gasteiger charge is -2.35. The molecule has 2 aromatic rings. The number of nitrogens with zero attached hydrogens (tertiary/aromatic N) is 3. The van der Waals surface area contributed by atoms with Gasteiger partial charge < -0.3 is 19.0 Å². The second-order valence-electron chi connectivity index (χ2n) is 6.53. The van der Waals surface area contributed by atoms with Crippen LogP contribution in [0.2, 0.25) is 0 Å². The molecule has 2 saturated heterocycles. The zero-order valence-corrected chi connectivity index (χ0v) is 14.2. The first-order valence-corrected chi connectivity index (χ1v) is 8.69. The van der Waals surface area contributed by atoms with E-state index in [4.69, 9.17) is 9.15 Å². The van der Waals surface area contributed by atoms with Crippen molar-refractivity contribution in [1.29, 1.82) is 0 Å². The fourth-order valence-corrected chi connectivity index (χ4v) is 3.46. The number of piperazine rings is 1. The molecule has 1 unspecified atom stereocenters. The molecule has 2 aliphatic heterocycles. The zero-order valence-electron chi connectivity index (χ0n) is 14.2. The Labute approximate surface area is 145 Å². The lowest BCUT2D eigenvalue weighted by Crippen LogP contribution is -2.52. The summed E-state index contributed by atoms with van der Waals surface area (Å²) in [5, 5.41) is 0. The number of ether oxygens (including phenoxy) is 1. The standard InChI is InChI=1S/C18H21N3O4/c1-12-19-14-11-13(4-5-15(14)25-12)17(22)20-6-8-21(9-7-20)18(23)16-3-2-10-24-16/h4-5,11,16H,2-3,6-10H2,1H3. The van der Waals surface area contributed by atoms with Crippen molar-refractivity contribution in [3.05, 3.63) is 29.7 Å². The Kier molecular flexibility index (Phi) is 4.17. The zero-order chi connectivity index (χ0) is 17.4. The minimum absolute atomic E-state index is 0.0354. The van der Waals surface area contributed by atoms with E-state index in [2.05, 4.69) is 4.98 Å². The third-order valence-electron chi connectivity index (χ3n) is 4.83. The second kappa shape index (κ2) is 6.48. The molecule has 0 spiro atoms. The molecule has 2 fully saturated rings. The Morgan fingerprint density at radius 2 is 1.92 bits per heavy atom. The predicted octanol–water partition coefficient (Wildman–Crippen LogP) is 1.60. The van der Waals surface area contributed by atoms with Crippen LogP contribution in [0.25, 0.3) is 11.1 Å². The average Bonchev–Trinajstić information content (AvgIpc) is 3.28. The Morgan fingerprint density at radius 3 is 2.64 bits per heavy atom. The van der Waals surface area contributed by atoms with Gasteiger partial charge in [-0.15, -0.1) is 0 Å². The molecule has 2 aliphatic rings. The van der Waals surface area contributed by atoms with E-state index in [1.54, 1.807) is 30.0 Å². The SMILES string of the molecule is Cc1nc2cc(C(=O)N3CCN(C(=O)C4CCCO4)CC3)ccc2o1. The molecular formula is C18H21N3O4. The molecule has 0 saturated carbocycles. The molecule has 2 amide bonds. The van der Waals surface area contributed by atoms with Crippen molar-refractivity contribution in [2.45, 2.75) is 25.9 Å². The minimum Gasteiger partial charge on any atom is -0.441 e. The highest BCUT2D eigenvalue weighted by atomic mass is 16.5. The van der Waals surface area contributed by atoms with Crippen LogP contribution in [0.5, 0.6) is 0 Å². The van der Waals surface area contributed by atoms with Crippen LogP contribution in [0, 0.1) is 6.92 Å². The largest absolute Gasteiger partial charge is 0.441 e. The van der Waals surface area contributed by atoms with Gasteiger partial charge >= 0.3 is 0 Å². The van der Waals surface area contributed by atoms with Gasteiger partial charge in [0.15, 0.2) is 11.5 Å². The van der Waals surface area contributed by atoms with Gasteiger partial charge in [-0.05, 0) is 31.0 Å². The monoisotopic (exact) mass is 343 g/mol. The van der Waals surface area contributed by atoms with Crippen molar-refractivity contribution in [2.24, 2.45) is 0 Å². The van der Waals surface area contributed by atoms with Crippen molar-refractivity contribution >= 4 is 22.9 Å². The number of oxazole rings is 1. The maximum atomic E-state index is 12.7. The molecule has 0 radical (unpaired) electrons. The Balaban J connectivity index is 1.40. The van der Waals surface area contributed by atoms with Gasteiger partial charge in [0.25, 0.3) is 11.8 Å². The van der Waals surface area contributed by atoms with Crippen LogP contribution in [0.1, 0.15) is 29.1 Å². The summed E-state index contributed by atoms with van der Waals surface area (Å²) in [5.74, 6) is 0.608. The third-order valence-corrected chi connectivity index (χ3v) is 4.83. The molecule has 4 rings (SSSR count). The van der Waals surface area contributed by atoms with Crippen LogP contribution in [-0.4, -0.2) is 65.5 Å². The van der Waals surface area contributed by atoms with E-state index in [-0.39, 0.29) is 17.9 Å². The summed E-state index contributed by atoms with van der Waals surface area (Å²) in [7, 11) is 0. The molecule has 25 heavy (non-hydrogen) atoms. The highest BCUT2D eigenvalue weighted by Crippen LogP contribution is 2.19. The van der Waals surface area contributed by atoms with E-state index in [9.17, 15) is 9.59 Å². The van der Waals surface area contributed by atoms with Crippen LogP contribution in [0.3, 0.4) is 0 Å². The highest BCUT2D eigenvalue weighted by Gasteiger charge is 2.31. The molecule has 1 aromatic carbocycles. The summed E-state index contributed by atoms with van der Waals surface area (Å²) in [4.78, 5) is 33.0. The van der Waals surface area contributed by atoms with Crippen molar-refractivity contribution in [3.63, 3.8) is 0 Å². The quantitative estimate of drug-likeness (QED) is 0.828. The number of aryl methyl sites for hydroxylation is 1. The number of carbonyl (C=O) groups excluding carboxylic acids is 2. The van der Waals surface area contributed by atoms with Gasteiger partial charge in [0.2, 0.25) is 0 Å². The van der Waals surface area contributed by atoms with E-state index in [1.807, 2.05) is 4.90 Å². The average molecular weight is 343 g/mol. The van der Waals surface area contributed by atoms with Crippen molar-refractivity contribution in [1.82, 2.24) is 14.8 Å². The summed E-state index contributed by atoms with van der Waals surface area (Å²) < 4.78 is 10.9. The molecule has 132 valence electrons. The van der Waals surface area contributed by atoms with Crippen molar-refractivity contribution in [3.8, 4) is 0 Å². The first-order chi connectivity index (χ1) is 12.1. The Hall–Kier alpha value is -2.41. The summed E-state index contributed by atoms with van der Waals surface area (Å²) in [6.07, 6.45) is 1.45. The van der Waals surface area contributed by atoms with Crippen molar-refractivity contribution < 1.29 is 18.7 Å². The number of benzene rings is 1. The molecular weight excluding hydrogens is 322 g/mol. The number of carbonyl (C=O) groups is 2. The molecule has 7 nitrogen and oxygen atoms in total. The second-order valence-corrected chi connectivity index (χ2v) is 6.53. The summed E-state index contributed by atoms with van der Waals surface area (Å²) >= 11 is 0. The van der Waals surface area contributed by atoms with Crippen LogP contribution in [0.15, 0.2) is 22.6 Å². The molecule has 0 bridgehead atoms. The van der Waals surface area contributed by atoms with E-state index in [0.717, 1.165) is 12.8 Å². The molecule has 7 heteroatoms. The number of hydrogen-bond donors (Lipinski definition) is 0. The van der Waals surface area contributed by atoms with Gasteiger partial charge in [0.1, 0.15) is 11.6 Å². The smallest absolute Gasteiger partial charge is 0.254 e. The molecule has 1 atom stereocenters.